The van der Waals surface area contributed by atoms with Crippen LogP contribution in [0.15, 0.2) is 36.5 Å². The van der Waals surface area contributed by atoms with Gasteiger partial charge in [-0.15, -0.1) is 0 Å². The fourth-order valence-electron chi connectivity index (χ4n) is 4.77. The molecule has 7 nitrogen and oxygen atoms in total. The van der Waals surface area contributed by atoms with E-state index in [4.69, 9.17) is 4.98 Å². The lowest BCUT2D eigenvalue weighted by Gasteiger charge is -2.33. The van der Waals surface area contributed by atoms with Crippen molar-refractivity contribution in [2.75, 3.05) is 6.54 Å². The molecule has 1 aliphatic carbocycles. The zero-order valence-electron chi connectivity index (χ0n) is 17.2. The molecule has 7 heteroatoms. The number of nitrogens with one attached hydrogen (secondary N) is 2. The normalized spacial score (nSPS) is 19.2. The van der Waals surface area contributed by atoms with E-state index in [2.05, 4.69) is 14.9 Å². The third-order valence-electron chi connectivity index (χ3n) is 6.36. The van der Waals surface area contributed by atoms with E-state index in [1.165, 1.54) is 12.8 Å². The van der Waals surface area contributed by atoms with Gasteiger partial charge in [0, 0.05) is 36.2 Å². The van der Waals surface area contributed by atoms with Gasteiger partial charge in [0.1, 0.15) is 11.5 Å². The smallest absolute Gasteiger partial charge is 0.270 e. The molecule has 0 unspecified atom stereocenters. The summed E-state index contributed by atoms with van der Waals surface area (Å²) in [5.74, 6) is 0.860. The maximum absolute atomic E-state index is 13.2. The van der Waals surface area contributed by atoms with Crippen molar-refractivity contribution in [1.29, 1.82) is 0 Å². The Balaban J connectivity index is 1.30. The van der Waals surface area contributed by atoms with E-state index in [1.807, 2.05) is 48.4 Å². The number of benzene rings is 1. The molecule has 1 fully saturated rings. The Kier molecular flexibility index (Phi) is 4.81. The first-order chi connectivity index (χ1) is 14.6. The summed E-state index contributed by atoms with van der Waals surface area (Å²) in [6.45, 7) is 3.30. The fraction of sp³-hybridized carbons (Fsp3) is 0.435. The lowest BCUT2D eigenvalue weighted by atomic mass is 10.2. The van der Waals surface area contributed by atoms with Gasteiger partial charge in [-0.2, -0.15) is 0 Å². The number of fused-ring (bicyclic) bond motifs is 2. The van der Waals surface area contributed by atoms with Gasteiger partial charge in [-0.25, -0.2) is 4.98 Å². The molecule has 0 radical (unpaired) electrons. The molecule has 5 rings (SSSR count). The van der Waals surface area contributed by atoms with E-state index in [0.29, 0.717) is 31.2 Å². The van der Waals surface area contributed by atoms with E-state index < -0.39 is 0 Å². The van der Waals surface area contributed by atoms with Gasteiger partial charge in [-0.3, -0.25) is 9.59 Å². The number of para-hydroxylation sites is 1. The Hall–Kier alpha value is -3.09. The van der Waals surface area contributed by atoms with Crippen LogP contribution in [0.4, 0.5) is 0 Å². The highest BCUT2D eigenvalue weighted by Crippen LogP contribution is 2.27. The van der Waals surface area contributed by atoms with Crippen molar-refractivity contribution in [2.45, 2.75) is 57.7 Å². The minimum atomic E-state index is -0.149. The second-order valence-electron chi connectivity index (χ2n) is 8.45. The molecular formula is C23H27N5O2. The molecule has 2 amide bonds. The second kappa shape index (κ2) is 7.63. The van der Waals surface area contributed by atoms with Gasteiger partial charge in [-0.05, 0) is 31.9 Å². The Morgan fingerprint density at radius 1 is 1.20 bits per heavy atom. The highest BCUT2D eigenvalue weighted by atomic mass is 16.2. The van der Waals surface area contributed by atoms with Crippen LogP contribution in [-0.4, -0.2) is 43.8 Å². The van der Waals surface area contributed by atoms with Crippen molar-refractivity contribution in [1.82, 2.24) is 24.8 Å². The number of carbonyl (C=O) groups excluding carboxylic acids is 2. The Labute approximate surface area is 175 Å². The number of H-pyrrole nitrogens is 1. The molecule has 30 heavy (non-hydrogen) atoms. The topological polar surface area (TPSA) is 83.0 Å². The van der Waals surface area contributed by atoms with Crippen molar-refractivity contribution < 1.29 is 9.59 Å². The Bertz CT molecular complexity index is 1060. The van der Waals surface area contributed by atoms with Gasteiger partial charge < -0.3 is 19.8 Å². The zero-order chi connectivity index (χ0) is 20.7. The summed E-state index contributed by atoms with van der Waals surface area (Å²) in [7, 11) is 0. The number of aromatic amines is 1. The maximum Gasteiger partial charge on any atom is 0.270 e. The molecule has 1 atom stereocenters. The molecule has 1 saturated carbocycles. The minimum absolute atomic E-state index is 0.0199. The Morgan fingerprint density at radius 3 is 2.80 bits per heavy atom. The molecule has 3 aromatic rings. The average Bonchev–Trinajstić information content (AvgIpc) is 3.47. The summed E-state index contributed by atoms with van der Waals surface area (Å²) in [6.07, 6.45) is 6.80. The molecular weight excluding hydrogens is 378 g/mol. The van der Waals surface area contributed by atoms with Crippen LogP contribution in [0.3, 0.4) is 0 Å². The highest BCUT2D eigenvalue weighted by molar-refractivity contribution is 5.98. The number of nitrogens with zero attached hydrogens (tertiary/aromatic N) is 3. The number of aromatic nitrogens is 3. The van der Waals surface area contributed by atoms with Crippen LogP contribution in [0.2, 0.25) is 0 Å². The van der Waals surface area contributed by atoms with E-state index in [0.717, 1.165) is 35.3 Å². The summed E-state index contributed by atoms with van der Waals surface area (Å²) < 4.78 is 2.08. The predicted octanol–water partition coefficient (Wildman–Crippen LogP) is 3.18. The first kappa shape index (κ1) is 18.9. The van der Waals surface area contributed by atoms with Crippen molar-refractivity contribution in [2.24, 2.45) is 0 Å². The molecule has 0 bridgehead atoms. The summed E-state index contributed by atoms with van der Waals surface area (Å²) >= 11 is 0. The van der Waals surface area contributed by atoms with Gasteiger partial charge in [0.25, 0.3) is 5.91 Å². The lowest BCUT2D eigenvalue weighted by molar-refractivity contribution is -0.121. The van der Waals surface area contributed by atoms with Gasteiger partial charge in [0.2, 0.25) is 5.91 Å². The zero-order valence-corrected chi connectivity index (χ0v) is 17.2. The van der Waals surface area contributed by atoms with Crippen LogP contribution >= 0.6 is 0 Å². The van der Waals surface area contributed by atoms with E-state index in [9.17, 15) is 9.59 Å². The van der Waals surface area contributed by atoms with Gasteiger partial charge in [0.15, 0.2) is 0 Å². The second-order valence-corrected chi connectivity index (χ2v) is 8.45. The molecule has 0 spiro atoms. The first-order valence-corrected chi connectivity index (χ1v) is 10.8. The predicted molar refractivity (Wildman–Crippen MR) is 114 cm³/mol. The average molecular weight is 406 g/mol. The number of hydrogen-bond donors (Lipinski definition) is 2. The summed E-state index contributed by atoms with van der Waals surface area (Å²) in [5.41, 5.74) is 2.33. The molecule has 156 valence electrons. The molecule has 2 aliphatic rings. The van der Waals surface area contributed by atoms with Crippen LogP contribution in [0.25, 0.3) is 10.9 Å². The molecule has 3 heterocycles. The van der Waals surface area contributed by atoms with Crippen LogP contribution < -0.4 is 5.32 Å². The van der Waals surface area contributed by atoms with Crippen molar-refractivity contribution in [3.05, 3.63) is 53.7 Å². The Morgan fingerprint density at radius 2 is 2.00 bits per heavy atom. The van der Waals surface area contributed by atoms with Crippen molar-refractivity contribution in [3.8, 4) is 0 Å². The van der Waals surface area contributed by atoms with Gasteiger partial charge in [-0.1, -0.05) is 31.0 Å². The fourth-order valence-corrected chi connectivity index (χ4v) is 4.77. The largest absolute Gasteiger partial charge is 0.353 e. The van der Waals surface area contributed by atoms with Crippen LogP contribution in [0.1, 0.15) is 60.7 Å². The SMILES string of the molecule is C[C@@H]1c2nc(CC(=O)NC3CCCC3)cn2CCN1C(=O)c1cc2ccccc2[nH]1. The highest BCUT2D eigenvalue weighted by Gasteiger charge is 2.31. The van der Waals surface area contributed by atoms with E-state index >= 15 is 0 Å². The molecule has 1 aromatic carbocycles. The van der Waals surface area contributed by atoms with Gasteiger partial charge >= 0.3 is 0 Å². The first-order valence-electron chi connectivity index (χ1n) is 10.8. The minimum Gasteiger partial charge on any atom is -0.353 e. The van der Waals surface area contributed by atoms with Crippen molar-refractivity contribution >= 4 is 22.7 Å². The standard InChI is InChI=1S/C23H27N5O2/c1-15-22-25-18(13-21(29)24-17-7-3-4-8-17)14-27(22)10-11-28(15)23(30)20-12-16-6-2-5-9-19(16)26-20/h2,5-6,9,12,14-15,17,26H,3-4,7-8,10-11,13H2,1H3,(H,24,29)/t15-/m1/s1. The third-order valence-corrected chi connectivity index (χ3v) is 6.36. The van der Waals surface area contributed by atoms with Crippen LogP contribution in [0, 0.1) is 0 Å². The quantitative estimate of drug-likeness (QED) is 0.699. The van der Waals surface area contributed by atoms with E-state index in [-0.39, 0.29) is 17.9 Å². The number of imidazole rings is 1. The van der Waals surface area contributed by atoms with Crippen molar-refractivity contribution in [3.63, 3.8) is 0 Å². The number of carbonyl (C=O) groups is 2. The molecule has 0 saturated heterocycles. The summed E-state index contributed by atoms with van der Waals surface area (Å²) in [5, 5.41) is 4.15. The summed E-state index contributed by atoms with van der Waals surface area (Å²) in [6, 6.07) is 9.97. The summed E-state index contributed by atoms with van der Waals surface area (Å²) in [4.78, 5) is 35.3. The lowest BCUT2D eigenvalue weighted by Crippen LogP contribution is -2.41. The van der Waals surface area contributed by atoms with Crippen LogP contribution in [-0.2, 0) is 17.8 Å². The molecule has 1 aliphatic heterocycles. The maximum atomic E-state index is 13.2. The van der Waals surface area contributed by atoms with Gasteiger partial charge in [0.05, 0.1) is 18.2 Å². The van der Waals surface area contributed by atoms with Crippen LogP contribution in [0.5, 0.6) is 0 Å². The monoisotopic (exact) mass is 405 g/mol. The third kappa shape index (κ3) is 3.49. The van der Waals surface area contributed by atoms with E-state index in [1.54, 1.807) is 0 Å². The number of hydrogen-bond acceptors (Lipinski definition) is 3. The number of amides is 2. The number of rotatable bonds is 4. The molecule has 2 aromatic heterocycles. The molecule has 2 N–H and O–H groups in total.